The van der Waals surface area contributed by atoms with Gasteiger partial charge in [0.1, 0.15) is 6.17 Å². The predicted molar refractivity (Wildman–Crippen MR) is 92.0 cm³/mol. The Morgan fingerprint density at radius 2 is 1.71 bits per heavy atom. The number of hydrogen-bond acceptors (Lipinski definition) is 0. The summed E-state index contributed by atoms with van der Waals surface area (Å²) in [4.78, 5) is 0. The zero-order chi connectivity index (χ0) is 15.8. The fourth-order valence-corrected chi connectivity index (χ4v) is 2.85. The second-order valence-electron chi connectivity index (χ2n) is 6.50. The largest absolute Gasteiger partial charge is 0.243 e. The lowest BCUT2D eigenvalue weighted by Crippen LogP contribution is -2.13. The van der Waals surface area contributed by atoms with Crippen molar-refractivity contribution in [1.82, 2.24) is 0 Å². The molecule has 0 bridgehead atoms. The molecule has 0 N–H and O–H groups in total. The molecule has 0 aromatic rings. The Kier molecular flexibility index (Phi) is 7.71. The van der Waals surface area contributed by atoms with E-state index in [9.17, 15) is 4.39 Å². The van der Waals surface area contributed by atoms with E-state index >= 15 is 0 Å². The van der Waals surface area contributed by atoms with Crippen molar-refractivity contribution in [3.63, 3.8) is 0 Å². The van der Waals surface area contributed by atoms with E-state index in [2.05, 4.69) is 45.6 Å². The highest BCUT2D eigenvalue weighted by atomic mass is 19.1. The Morgan fingerprint density at radius 3 is 2.24 bits per heavy atom. The molecule has 0 amide bonds. The highest BCUT2D eigenvalue weighted by molar-refractivity contribution is 5.27. The third-order valence-corrected chi connectivity index (χ3v) is 4.56. The maximum absolute atomic E-state index is 12.8. The maximum atomic E-state index is 12.8. The number of rotatable bonds is 6. The van der Waals surface area contributed by atoms with Crippen LogP contribution in [0.5, 0.6) is 0 Å². The quantitative estimate of drug-likeness (QED) is 0.495. The van der Waals surface area contributed by atoms with Crippen molar-refractivity contribution < 1.29 is 4.39 Å². The smallest absolute Gasteiger partial charge is 0.116 e. The minimum absolute atomic E-state index is 0.248. The van der Waals surface area contributed by atoms with E-state index in [0.717, 1.165) is 11.5 Å². The van der Waals surface area contributed by atoms with Crippen LogP contribution >= 0.6 is 0 Å². The third kappa shape index (κ3) is 6.46. The van der Waals surface area contributed by atoms with E-state index < -0.39 is 6.17 Å². The molecule has 2 unspecified atom stereocenters. The normalized spacial score (nSPS) is 27.2. The molecular formula is C20H31F. The van der Waals surface area contributed by atoms with E-state index in [4.69, 9.17) is 0 Å². The van der Waals surface area contributed by atoms with Gasteiger partial charge in [-0.2, -0.15) is 0 Å². The van der Waals surface area contributed by atoms with E-state index in [1.165, 1.54) is 38.2 Å². The molecule has 0 aromatic carbocycles. The summed E-state index contributed by atoms with van der Waals surface area (Å²) in [7, 11) is 0. The van der Waals surface area contributed by atoms with Gasteiger partial charge >= 0.3 is 0 Å². The average Bonchev–Trinajstić information content (AvgIpc) is 2.46. The van der Waals surface area contributed by atoms with Crippen LogP contribution < -0.4 is 0 Å². The lowest BCUT2D eigenvalue weighted by molar-refractivity contribution is 0.323. The van der Waals surface area contributed by atoms with Crippen LogP contribution in [0.1, 0.15) is 53.4 Å². The van der Waals surface area contributed by atoms with Crippen molar-refractivity contribution in [2.24, 2.45) is 17.8 Å². The van der Waals surface area contributed by atoms with Crippen molar-refractivity contribution in [1.29, 1.82) is 0 Å². The molecule has 1 aliphatic carbocycles. The topological polar surface area (TPSA) is 0 Å². The molecule has 21 heavy (non-hydrogen) atoms. The Labute approximate surface area is 130 Å². The van der Waals surface area contributed by atoms with Gasteiger partial charge in [0, 0.05) is 0 Å². The van der Waals surface area contributed by atoms with Gasteiger partial charge in [0.05, 0.1) is 0 Å². The molecule has 1 fully saturated rings. The Hall–Kier alpha value is -1.11. The summed E-state index contributed by atoms with van der Waals surface area (Å²) in [6.45, 7) is 12.2. The first kappa shape index (κ1) is 17.9. The molecule has 0 heterocycles. The first-order chi connectivity index (χ1) is 9.93. The van der Waals surface area contributed by atoms with Crippen LogP contribution in [-0.4, -0.2) is 6.17 Å². The molecule has 0 aromatic heterocycles. The summed E-state index contributed by atoms with van der Waals surface area (Å²) in [6.07, 6.45) is 14.4. The molecule has 0 saturated heterocycles. The van der Waals surface area contributed by atoms with Crippen molar-refractivity contribution >= 4 is 0 Å². The van der Waals surface area contributed by atoms with Crippen molar-refractivity contribution in [3.8, 4) is 0 Å². The minimum Gasteiger partial charge on any atom is -0.243 e. The summed E-state index contributed by atoms with van der Waals surface area (Å²) >= 11 is 0. The highest BCUT2D eigenvalue weighted by Crippen LogP contribution is 2.33. The van der Waals surface area contributed by atoms with E-state index in [0.29, 0.717) is 5.92 Å². The fourth-order valence-electron chi connectivity index (χ4n) is 2.85. The third-order valence-electron chi connectivity index (χ3n) is 4.56. The van der Waals surface area contributed by atoms with Crippen LogP contribution in [-0.2, 0) is 0 Å². The van der Waals surface area contributed by atoms with E-state index in [1.54, 1.807) is 12.2 Å². The van der Waals surface area contributed by atoms with Gasteiger partial charge in [-0.25, -0.2) is 4.39 Å². The Bertz CT molecular complexity index is 404. The molecule has 118 valence electrons. The number of halogens is 1. The second-order valence-corrected chi connectivity index (χ2v) is 6.50. The number of hydrogen-bond donors (Lipinski definition) is 0. The highest BCUT2D eigenvalue weighted by Gasteiger charge is 2.19. The number of allylic oxidation sites excluding steroid dienone is 7. The average molecular weight is 290 g/mol. The lowest BCUT2D eigenvalue weighted by atomic mass is 9.79. The summed E-state index contributed by atoms with van der Waals surface area (Å²) in [5, 5.41) is 0. The summed E-state index contributed by atoms with van der Waals surface area (Å²) in [5.74, 6) is 1.84. The predicted octanol–water partition coefficient (Wildman–Crippen LogP) is 6.42. The van der Waals surface area contributed by atoms with Gasteiger partial charge in [0.25, 0.3) is 0 Å². The molecule has 1 aliphatic rings. The second kappa shape index (κ2) is 9.02. The first-order valence-electron chi connectivity index (χ1n) is 8.29. The molecule has 0 radical (unpaired) electrons. The van der Waals surface area contributed by atoms with Gasteiger partial charge in [-0.15, -0.1) is 0 Å². The monoisotopic (exact) mass is 290 g/mol. The van der Waals surface area contributed by atoms with Gasteiger partial charge in [-0.05, 0) is 55.6 Å². The van der Waals surface area contributed by atoms with Crippen molar-refractivity contribution in [2.75, 3.05) is 0 Å². The molecule has 0 aliphatic heterocycles. The van der Waals surface area contributed by atoms with Crippen molar-refractivity contribution in [2.45, 2.75) is 59.5 Å². The molecule has 0 nitrogen and oxygen atoms in total. The Morgan fingerprint density at radius 1 is 1.10 bits per heavy atom. The summed E-state index contributed by atoms with van der Waals surface area (Å²) in [6, 6.07) is 0. The van der Waals surface area contributed by atoms with E-state index in [1.807, 2.05) is 0 Å². The van der Waals surface area contributed by atoms with Crippen molar-refractivity contribution in [3.05, 3.63) is 48.1 Å². The van der Waals surface area contributed by atoms with Gasteiger partial charge in [-0.3, -0.25) is 0 Å². The molecule has 1 rings (SSSR count). The van der Waals surface area contributed by atoms with Crippen LogP contribution in [0.2, 0.25) is 0 Å². The van der Waals surface area contributed by atoms with Gasteiger partial charge in [-0.1, -0.05) is 63.6 Å². The molecule has 1 heteroatoms. The zero-order valence-electron chi connectivity index (χ0n) is 14.1. The van der Waals surface area contributed by atoms with Crippen LogP contribution in [0, 0.1) is 17.8 Å². The van der Waals surface area contributed by atoms with E-state index in [-0.39, 0.29) is 5.92 Å². The molecule has 2 atom stereocenters. The molecular weight excluding hydrogens is 259 g/mol. The standard InChI is InChI=1S/C20H31F/c1-6-19(20-12-7-15(2)8-13-20)14-10-17(4)16(3)9-11-18(5)21/h6,9-11,14-15,17-18,20H,3,7-8,12-13H2,1-2,4-5H3/b11-9-,14-10-,19-6+. The minimum atomic E-state index is -0.909. The molecule has 0 spiro atoms. The van der Waals surface area contributed by atoms with Gasteiger partial charge in [0.2, 0.25) is 0 Å². The zero-order valence-corrected chi connectivity index (χ0v) is 14.1. The first-order valence-corrected chi connectivity index (χ1v) is 8.29. The lowest BCUT2D eigenvalue weighted by Gasteiger charge is -2.27. The van der Waals surface area contributed by atoms with Crippen LogP contribution in [0.25, 0.3) is 0 Å². The van der Waals surface area contributed by atoms with Gasteiger partial charge in [0.15, 0.2) is 0 Å². The SMILES string of the molecule is C=C(/C=C\C(C)F)C(C)/C=C\C(=C/C)C1CCC(C)CC1. The van der Waals surface area contributed by atoms with Crippen LogP contribution in [0.4, 0.5) is 4.39 Å². The number of alkyl halides is 1. The van der Waals surface area contributed by atoms with Gasteiger partial charge < -0.3 is 0 Å². The summed E-state index contributed by atoms with van der Waals surface area (Å²) < 4.78 is 12.8. The fraction of sp³-hybridized carbons (Fsp3) is 0.600. The van der Waals surface area contributed by atoms with Crippen LogP contribution in [0.15, 0.2) is 48.1 Å². The molecule has 1 saturated carbocycles. The summed E-state index contributed by atoms with van der Waals surface area (Å²) in [5.41, 5.74) is 2.41. The Balaban J connectivity index is 2.58. The maximum Gasteiger partial charge on any atom is 0.116 e. The van der Waals surface area contributed by atoms with Crippen LogP contribution in [0.3, 0.4) is 0 Å².